The molecular weight excluding hydrogens is 489 g/mol. The Bertz CT molecular complexity index is 1370. The van der Waals surface area contributed by atoms with Crippen molar-refractivity contribution in [1.29, 1.82) is 0 Å². The van der Waals surface area contributed by atoms with Crippen LogP contribution in [0.2, 0.25) is 0 Å². The third-order valence-corrected chi connectivity index (χ3v) is 7.47. The number of Topliss-reactive ketones (excluding diaryl/α,β-unsaturated/α-hetero) is 1. The first-order valence-corrected chi connectivity index (χ1v) is 12.9. The summed E-state index contributed by atoms with van der Waals surface area (Å²) in [6.45, 7) is 7.02. The van der Waals surface area contributed by atoms with Gasteiger partial charge in [-0.25, -0.2) is 0 Å². The molecule has 0 radical (unpaired) electrons. The van der Waals surface area contributed by atoms with Crippen LogP contribution in [-0.2, 0) is 25.7 Å². The van der Waals surface area contributed by atoms with Gasteiger partial charge in [-0.1, -0.05) is 49.4 Å². The highest BCUT2D eigenvalue weighted by Gasteiger charge is 2.34. The maximum absolute atomic E-state index is 14.0. The first-order valence-electron chi connectivity index (χ1n) is 12.9. The molecule has 0 spiro atoms. The quantitative estimate of drug-likeness (QED) is 0.438. The van der Waals surface area contributed by atoms with Gasteiger partial charge in [-0.15, -0.1) is 0 Å². The van der Waals surface area contributed by atoms with Crippen molar-refractivity contribution in [2.24, 2.45) is 10.7 Å². The summed E-state index contributed by atoms with van der Waals surface area (Å²) in [6, 6.07) is 17.4. The van der Waals surface area contributed by atoms with E-state index < -0.39 is 11.7 Å². The lowest BCUT2D eigenvalue weighted by molar-refractivity contribution is -0.138. The summed E-state index contributed by atoms with van der Waals surface area (Å²) in [4.78, 5) is 21.7. The van der Waals surface area contributed by atoms with Crippen LogP contribution in [0.25, 0.3) is 11.1 Å². The van der Waals surface area contributed by atoms with Crippen LogP contribution in [0.1, 0.15) is 45.1 Å². The topological polar surface area (TPSA) is 61.9 Å². The number of ketones is 1. The molecule has 0 unspecified atom stereocenters. The average molecular weight is 521 g/mol. The number of amidine groups is 1. The molecule has 0 saturated carbocycles. The van der Waals surface area contributed by atoms with E-state index in [1.165, 1.54) is 6.07 Å². The number of carbonyl (C=O) groups is 1. The van der Waals surface area contributed by atoms with Gasteiger partial charge in [-0.2, -0.15) is 13.2 Å². The van der Waals surface area contributed by atoms with Gasteiger partial charge >= 0.3 is 6.18 Å². The number of piperazine rings is 1. The zero-order chi connectivity index (χ0) is 26.9. The number of aliphatic imine (C=N–C) groups is 1. The first-order chi connectivity index (χ1) is 18.2. The molecule has 3 aromatic rings. The number of hydrogen-bond acceptors (Lipinski definition) is 5. The number of halogens is 3. The molecule has 5 nitrogen and oxygen atoms in total. The number of fused-ring (bicyclic) bond motifs is 1. The van der Waals surface area contributed by atoms with Gasteiger partial charge in [0.1, 0.15) is 5.84 Å². The maximum Gasteiger partial charge on any atom is 0.416 e. The van der Waals surface area contributed by atoms with Crippen molar-refractivity contribution in [3.63, 3.8) is 0 Å². The highest BCUT2D eigenvalue weighted by molar-refractivity contribution is 6.01. The molecule has 2 aliphatic heterocycles. The molecule has 2 N–H and O–H groups in total. The lowest BCUT2D eigenvalue weighted by Gasteiger charge is -2.34. The molecule has 38 heavy (non-hydrogen) atoms. The van der Waals surface area contributed by atoms with Crippen LogP contribution in [0.3, 0.4) is 0 Å². The molecule has 0 aromatic heterocycles. The van der Waals surface area contributed by atoms with Gasteiger partial charge in [0.2, 0.25) is 0 Å². The highest BCUT2D eigenvalue weighted by atomic mass is 19.4. The van der Waals surface area contributed by atoms with Crippen molar-refractivity contribution in [3.8, 4) is 11.1 Å². The van der Waals surface area contributed by atoms with Gasteiger partial charge in [0.25, 0.3) is 0 Å². The molecular formula is C30H31F3N4O. The Morgan fingerprint density at radius 3 is 2.42 bits per heavy atom. The lowest BCUT2D eigenvalue weighted by atomic mass is 9.95. The van der Waals surface area contributed by atoms with Crippen molar-refractivity contribution >= 4 is 11.6 Å². The predicted octanol–water partition coefficient (Wildman–Crippen LogP) is 5.15. The van der Waals surface area contributed by atoms with E-state index >= 15 is 0 Å². The Hall–Kier alpha value is -3.49. The molecule has 1 fully saturated rings. The molecule has 8 heteroatoms. The van der Waals surface area contributed by atoms with Crippen molar-refractivity contribution in [1.82, 2.24) is 9.80 Å². The van der Waals surface area contributed by atoms with E-state index in [-0.39, 0.29) is 24.3 Å². The minimum Gasteiger partial charge on any atom is -0.383 e. The fourth-order valence-electron chi connectivity index (χ4n) is 5.21. The molecule has 0 amide bonds. The number of nitrogens with zero attached hydrogens (tertiary/aromatic N) is 3. The Labute approximate surface area is 220 Å². The Balaban J connectivity index is 1.32. The summed E-state index contributed by atoms with van der Waals surface area (Å²) in [5.74, 6) is 0.302. The summed E-state index contributed by atoms with van der Waals surface area (Å²) in [5, 5.41) is 0. The molecule has 0 atom stereocenters. The summed E-state index contributed by atoms with van der Waals surface area (Å²) < 4.78 is 42.0. The summed E-state index contributed by atoms with van der Waals surface area (Å²) in [5.41, 5.74) is 10.1. The number of hydrogen-bond donors (Lipinski definition) is 1. The molecule has 0 bridgehead atoms. The molecule has 2 aliphatic rings. The third kappa shape index (κ3) is 5.66. The second kappa shape index (κ2) is 10.7. The van der Waals surface area contributed by atoms with E-state index in [1.807, 2.05) is 24.3 Å². The number of carbonyl (C=O) groups excluding carboxylic acids is 1. The molecule has 0 aliphatic carbocycles. The maximum atomic E-state index is 14.0. The second-order valence-electron chi connectivity index (χ2n) is 9.95. The molecule has 198 valence electrons. The van der Waals surface area contributed by atoms with E-state index in [2.05, 4.69) is 21.7 Å². The van der Waals surface area contributed by atoms with Crippen molar-refractivity contribution in [2.75, 3.05) is 32.7 Å². The second-order valence-corrected chi connectivity index (χ2v) is 9.95. The fraction of sp³-hybridized carbons (Fsp3) is 0.333. The first kappa shape index (κ1) is 26.1. The Morgan fingerprint density at radius 1 is 0.947 bits per heavy atom. The van der Waals surface area contributed by atoms with Crippen molar-refractivity contribution < 1.29 is 18.0 Å². The third-order valence-electron chi connectivity index (χ3n) is 7.47. The molecule has 1 saturated heterocycles. The van der Waals surface area contributed by atoms with Gasteiger partial charge in [0, 0.05) is 50.3 Å². The predicted molar refractivity (Wildman–Crippen MR) is 143 cm³/mol. The van der Waals surface area contributed by atoms with Crippen LogP contribution in [0, 0.1) is 0 Å². The van der Waals surface area contributed by atoms with Gasteiger partial charge < -0.3 is 10.6 Å². The van der Waals surface area contributed by atoms with E-state index in [0.717, 1.165) is 61.0 Å². The van der Waals surface area contributed by atoms with Gasteiger partial charge in [-0.3, -0.25) is 14.7 Å². The minimum atomic E-state index is -4.49. The van der Waals surface area contributed by atoms with E-state index in [9.17, 15) is 18.0 Å². The molecule has 2 heterocycles. The minimum absolute atomic E-state index is 0.101. The summed E-state index contributed by atoms with van der Waals surface area (Å²) >= 11 is 0. The van der Waals surface area contributed by atoms with Crippen LogP contribution in [-0.4, -0.2) is 54.1 Å². The number of rotatable bonds is 7. The van der Waals surface area contributed by atoms with Gasteiger partial charge in [0.15, 0.2) is 5.78 Å². The van der Waals surface area contributed by atoms with Crippen LogP contribution >= 0.6 is 0 Å². The van der Waals surface area contributed by atoms with Crippen molar-refractivity contribution in [2.45, 2.75) is 32.6 Å². The standard InChI is InChI=1S/C30H31F3N4O/c1-2-36-10-12-37(13-11-36)19-24-7-6-20(14-27(24)30(31,32)33)15-28(38)23-5-3-4-21(16-23)22-8-9-26-25(17-22)18-35-29(26)34/h3-9,14,16-17H,2,10-13,15,18-19H2,1H3,(H2,34,35). The molecule has 5 rings (SSSR count). The monoisotopic (exact) mass is 520 g/mol. The van der Waals surface area contributed by atoms with Crippen LogP contribution in [0.4, 0.5) is 13.2 Å². The number of benzene rings is 3. The number of likely N-dealkylation sites (N-methyl/N-ethyl adjacent to an activating group) is 1. The van der Waals surface area contributed by atoms with E-state index in [0.29, 0.717) is 23.5 Å². The summed E-state index contributed by atoms with van der Waals surface area (Å²) in [6.07, 6.45) is -4.59. The fourth-order valence-corrected chi connectivity index (χ4v) is 5.21. The zero-order valence-corrected chi connectivity index (χ0v) is 21.4. The van der Waals surface area contributed by atoms with Crippen LogP contribution in [0.5, 0.6) is 0 Å². The number of alkyl halides is 3. The van der Waals surface area contributed by atoms with E-state index in [4.69, 9.17) is 5.73 Å². The number of nitrogens with two attached hydrogens (primary N) is 1. The largest absolute Gasteiger partial charge is 0.416 e. The smallest absolute Gasteiger partial charge is 0.383 e. The SMILES string of the molecule is CCN1CCN(Cc2ccc(CC(=O)c3cccc(-c4ccc5c(c4)CN=C5N)c3)cc2C(F)(F)F)CC1. The Kier molecular flexibility index (Phi) is 7.36. The average Bonchev–Trinajstić information content (AvgIpc) is 3.29. The summed E-state index contributed by atoms with van der Waals surface area (Å²) in [7, 11) is 0. The highest BCUT2D eigenvalue weighted by Crippen LogP contribution is 2.34. The lowest BCUT2D eigenvalue weighted by Crippen LogP contribution is -2.45. The van der Waals surface area contributed by atoms with Gasteiger partial charge in [-0.05, 0) is 52.6 Å². The normalized spacial score (nSPS) is 16.4. The van der Waals surface area contributed by atoms with Crippen LogP contribution in [0.15, 0.2) is 65.7 Å². The van der Waals surface area contributed by atoms with Crippen molar-refractivity contribution in [3.05, 3.63) is 94.0 Å². The van der Waals surface area contributed by atoms with Crippen LogP contribution < -0.4 is 5.73 Å². The van der Waals surface area contributed by atoms with E-state index in [1.54, 1.807) is 24.3 Å². The van der Waals surface area contributed by atoms with Gasteiger partial charge in [0.05, 0.1) is 12.1 Å². The Morgan fingerprint density at radius 2 is 1.68 bits per heavy atom. The molecule has 3 aromatic carbocycles. The zero-order valence-electron chi connectivity index (χ0n) is 21.4.